The fraction of sp³-hybridized carbons (Fsp3) is 0.462. The molecule has 0 radical (unpaired) electrons. The lowest BCUT2D eigenvalue weighted by molar-refractivity contribution is -0.120. The third kappa shape index (κ3) is 2.83. The Bertz CT molecular complexity index is 357. The topological polar surface area (TPSA) is 46.3 Å². The van der Waals surface area contributed by atoms with Crippen molar-refractivity contribution in [2.45, 2.75) is 26.8 Å². The first kappa shape index (κ1) is 12.7. The van der Waals surface area contributed by atoms with Crippen LogP contribution in [0.5, 0.6) is 0 Å². The molecule has 0 heterocycles. The standard InChI is InChI=1S/C13H20N2O/c1-9(2)12(14)13(16)15(4)11-7-5-10(3)6-8-11/h5-9,12H,14H2,1-4H3. The first-order valence-corrected chi connectivity index (χ1v) is 5.53. The van der Waals surface area contributed by atoms with Gasteiger partial charge in [0.1, 0.15) is 0 Å². The van der Waals surface area contributed by atoms with E-state index in [0.29, 0.717) is 0 Å². The Morgan fingerprint density at radius 3 is 2.19 bits per heavy atom. The SMILES string of the molecule is Cc1ccc(N(C)C(=O)C(N)C(C)C)cc1. The van der Waals surface area contributed by atoms with Crippen molar-refractivity contribution in [3.8, 4) is 0 Å². The van der Waals surface area contributed by atoms with Crippen LogP contribution in [0.4, 0.5) is 5.69 Å². The van der Waals surface area contributed by atoms with E-state index in [1.165, 1.54) is 5.56 Å². The summed E-state index contributed by atoms with van der Waals surface area (Å²) >= 11 is 0. The molecule has 0 spiro atoms. The highest BCUT2D eigenvalue weighted by molar-refractivity contribution is 5.96. The van der Waals surface area contributed by atoms with Crippen molar-refractivity contribution in [3.63, 3.8) is 0 Å². The van der Waals surface area contributed by atoms with Gasteiger partial charge >= 0.3 is 0 Å². The van der Waals surface area contributed by atoms with Gasteiger partial charge in [-0.1, -0.05) is 31.5 Å². The van der Waals surface area contributed by atoms with E-state index in [9.17, 15) is 4.79 Å². The van der Waals surface area contributed by atoms with E-state index in [2.05, 4.69) is 0 Å². The minimum atomic E-state index is -0.439. The summed E-state index contributed by atoms with van der Waals surface area (Å²) in [6.07, 6.45) is 0. The van der Waals surface area contributed by atoms with E-state index in [-0.39, 0.29) is 11.8 Å². The predicted molar refractivity (Wildman–Crippen MR) is 67.4 cm³/mol. The Morgan fingerprint density at radius 1 is 1.25 bits per heavy atom. The van der Waals surface area contributed by atoms with E-state index in [1.807, 2.05) is 45.0 Å². The van der Waals surface area contributed by atoms with Gasteiger partial charge in [0, 0.05) is 12.7 Å². The largest absolute Gasteiger partial charge is 0.320 e. The second-order valence-corrected chi connectivity index (χ2v) is 4.50. The van der Waals surface area contributed by atoms with Gasteiger partial charge in [0.05, 0.1) is 6.04 Å². The van der Waals surface area contributed by atoms with Gasteiger partial charge in [-0.2, -0.15) is 0 Å². The molecule has 0 aliphatic rings. The first-order chi connectivity index (χ1) is 7.43. The molecule has 0 saturated heterocycles. The van der Waals surface area contributed by atoms with Crippen molar-refractivity contribution in [1.82, 2.24) is 0 Å². The number of anilines is 1. The van der Waals surface area contributed by atoms with E-state index >= 15 is 0 Å². The first-order valence-electron chi connectivity index (χ1n) is 5.53. The summed E-state index contributed by atoms with van der Waals surface area (Å²) in [5, 5.41) is 0. The lowest BCUT2D eigenvalue weighted by atomic mass is 10.0. The molecule has 1 unspecified atom stereocenters. The lowest BCUT2D eigenvalue weighted by Gasteiger charge is -2.23. The molecule has 0 fully saturated rings. The van der Waals surface area contributed by atoms with Crippen molar-refractivity contribution in [3.05, 3.63) is 29.8 Å². The van der Waals surface area contributed by atoms with Gasteiger partial charge in [-0.3, -0.25) is 4.79 Å². The second kappa shape index (κ2) is 5.12. The smallest absolute Gasteiger partial charge is 0.243 e. The van der Waals surface area contributed by atoms with Gasteiger partial charge < -0.3 is 10.6 Å². The molecule has 0 aliphatic heterocycles. The summed E-state index contributed by atoms with van der Waals surface area (Å²) in [5.41, 5.74) is 7.90. The summed E-state index contributed by atoms with van der Waals surface area (Å²) in [7, 11) is 1.76. The number of amides is 1. The van der Waals surface area contributed by atoms with Crippen LogP contribution in [-0.4, -0.2) is 19.0 Å². The maximum Gasteiger partial charge on any atom is 0.243 e. The van der Waals surface area contributed by atoms with Gasteiger partial charge in [-0.15, -0.1) is 0 Å². The fourth-order valence-electron chi connectivity index (χ4n) is 1.40. The highest BCUT2D eigenvalue weighted by Crippen LogP contribution is 2.15. The van der Waals surface area contributed by atoms with Crippen LogP contribution in [0.1, 0.15) is 19.4 Å². The molecule has 1 aromatic carbocycles. The number of hydrogen-bond donors (Lipinski definition) is 1. The Labute approximate surface area is 97.2 Å². The number of hydrogen-bond acceptors (Lipinski definition) is 2. The second-order valence-electron chi connectivity index (χ2n) is 4.50. The zero-order valence-electron chi connectivity index (χ0n) is 10.4. The number of benzene rings is 1. The Kier molecular flexibility index (Phi) is 4.07. The molecule has 1 rings (SSSR count). The van der Waals surface area contributed by atoms with Crippen molar-refractivity contribution in [2.75, 3.05) is 11.9 Å². The van der Waals surface area contributed by atoms with Crippen LogP contribution in [0.2, 0.25) is 0 Å². The maximum atomic E-state index is 12.0. The molecule has 0 aliphatic carbocycles. The predicted octanol–water partition coefficient (Wildman–Crippen LogP) is 1.94. The molecule has 3 nitrogen and oxygen atoms in total. The van der Waals surface area contributed by atoms with Crippen molar-refractivity contribution in [2.24, 2.45) is 11.7 Å². The van der Waals surface area contributed by atoms with E-state index in [1.54, 1.807) is 11.9 Å². The normalized spacial score (nSPS) is 12.6. The number of nitrogens with two attached hydrogens (primary N) is 1. The molecular formula is C13H20N2O. The summed E-state index contributed by atoms with van der Waals surface area (Å²) in [4.78, 5) is 13.6. The van der Waals surface area contributed by atoms with Gasteiger partial charge in [0.2, 0.25) is 5.91 Å². The molecule has 1 aromatic rings. The Hall–Kier alpha value is -1.35. The highest BCUT2D eigenvalue weighted by Gasteiger charge is 2.21. The fourth-order valence-corrected chi connectivity index (χ4v) is 1.40. The minimum absolute atomic E-state index is 0.0427. The van der Waals surface area contributed by atoms with Crippen LogP contribution in [0.3, 0.4) is 0 Å². The molecule has 0 saturated carbocycles. The number of rotatable bonds is 3. The summed E-state index contributed by atoms with van der Waals surface area (Å²) in [6, 6.07) is 7.40. The maximum absolute atomic E-state index is 12.0. The third-order valence-electron chi connectivity index (χ3n) is 2.76. The van der Waals surface area contributed by atoms with Crippen molar-refractivity contribution < 1.29 is 4.79 Å². The summed E-state index contributed by atoms with van der Waals surface area (Å²) < 4.78 is 0. The van der Waals surface area contributed by atoms with Crippen LogP contribution >= 0.6 is 0 Å². The minimum Gasteiger partial charge on any atom is -0.320 e. The molecular weight excluding hydrogens is 200 g/mol. The average molecular weight is 220 g/mol. The third-order valence-corrected chi connectivity index (χ3v) is 2.76. The zero-order valence-corrected chi connectivity index (χ0v) is 10.4. The van der Waals surface area contributed by atoms with E-state index < -0.39 is 6.04 Å². The van der Waals surface area contributed by atoms with Crippen LogP contribution < -0.4 is 10.6 Å². The number of likely N-dealkylation sites (N-methyl/N-ethyl adjacent to an activating group) is 1. The number of nitrogens with zero attached hydrogens (tertiary/aromatic N) is 1. The van der Waals surface area contributed by atoms with Gasteiger partial charge in [-0.05, 0) is 25.0 Å². The van der Waals surface area contributed by atoms with E-state index in [0.717, 1.165) is 5.69 Å². The van der Waals surface area contributed by atoms with Crippen LogP contribution in [0.15, 0.2) is 24.3 Å². The van der Waals surface area contributed by atoms with Gasteiger partial charge in [0.15, 0.2) is 0 Å². The molecule has 0 aromatic heterocycles. The van der Waals surface area contributed by atoms with Gasteiger partial charge in [0.25, 0.3) is 0 Å². The van der Waals surface area contributed by atoms with Gasteiger partial charge in [-0.25, -0.2) is 0 Å². The number of aryl methyl sites for hydroxylation is 1. The van der Waals surface area contributed by atoms with Crippen molar-refractivity contribution >= 4 is 11.6 Å². The Balaban J connectivity index is 2.82. The summed E-state index contributed by atoms with van der Waals surface area (Å²) in [5.74, 6) is 0.110. The summed E-state index contributed by atoms with van der Waals surface area (Å²) in [6.45, 7) is 5.92. The molecule has 16 heavy (non-hydrogen) atoms. The molecule has 1 amide bonds. The molecule has 1 atom stereocenters. The van der Waals surface area contributed by atoms with Crippen molar-refractivity contribution in [1.29, 1.82) is 0 Å². The molecule has 2 N–H and O–H groups in total. The van der Waals surface area contributed by atoms with Crippen LogP contribution in [-0.2, 0) is 4.79 Å². The monoisotopic (exact) mass is 220 g/mol. The number of carbonyl (C=O) groups is 1. The molecule has 88 valence electrons. The molecule has 3 heteroatoms. The van der Waals surface area contributed by atoms with Crippen LogP contribution in [0, 0.1) is 12.8 Å². The van der Waals surface area contributed by atoms with E-state index in [4.69, 9.17) is 5.73 Å². The lowest BCUT2D eigenvalue weighted by Crippen LogP contribution is -2.45. The highest BCUT2D eigenvalue weighted by atomic mass is 16.2. The average Bonchev–Trinajstić information content (AvgIpc) is 2.27. The zero-order chi connectivity index (χ0) is 12.3. The quantitative estimate of drug-likeness (QED) is 0.846. The Morgan fingerprint density at radius 2 is 1.75 bits per heavy atom. The molecule has 0 bridgehead atoms. The van der Waals surface area contributed by atoms with Crippen LogP contribution in [0.25, 0.3) is 0 Å². The number of carbonyl (C=O) groups excluding carboxylic acids is 1.